The van der Waals surface area contributed by atoms with Crippen LogP contribution in [0.25, 0.3) is 22.2 Å². The van der Waals surface area contributed by atoms with Gasteiger partial charge < -0.3 is 25.8 Å². The highest BCUT2D eigenvalue weighted by Gasteiger charge is 2.25. The number of sulfonamides is 1. The smallest absolute Gasteiger partial charge is 0.236 e. The van der Waals surface area contributed by atoms with Gasteiger partial charge in [0.05, 0.1) is 18.5 Å². The molecule has 2 fully saturated rings. The number of fused-ring (bicyclic) bond motifs is 1. The number of anilines is 2. The van der Waals surface area contributed by atoms with Crippen molar-refractivity contribution in [3.63, 3.8) is 0 Å². The summed E-state index contributed by atoms with van der Waals surface area (Å²) in [5.74, 6) is 0.555. The lowest BCUT2D eigenvalue weighted by molar-refractivity contribution is -0.129. The minimum Gasteiger partial charge on any atom is -0.367 e. The van der Waals surface area contributed by atoms with E-state index in [1.165, 1.54) is 6.26 Å². The van der Waals surface area contributed by atoms with Crippen molar-refractivity contribution in [2.24, 2.45) is 5.73 Å². The number of benzene rings is 1. The zero-order chi connectivity index (χ0) is 26.0. The maximum absolute atomic E-state index is 12.0. The Kier molecular flexibility index (Phi) is 7.31. The van der Waals surface area contributed by atoms with Gasteiger partial charge in [-0.15, -0.1) is 0 Å². The van der Waals surface area contributed by atoms with Crippen LogP contribution in [0.1, 0.15) is 25.7 Å². The third-order valence-corrected chi connectivity index (χ3v) is 7.97. The summed E-state index contributed by atoms with van der Waals surface area (Å²) in [5.41, 5.74) is 9.49. The van der Waals surface area contributed by atoms with Gasteiger partial charge in [-0.2, -0.15) is 0 Å². The molecule has 1 aliphatic heterocycles. The Balaban J connectivity index is 1.32. The predicted molar refractivity (Wildman–Crippen MR) is 145 cm³/mol. The van der Waals surface area contributed by atoms with Crippen LogP contribution in [-0.4, -0.2) is 85.2 Å². The molecule has 0 unspecified atom stereocenters. The van der Waals surface area contributed by atoms with Crippen LogP contribution in [0, 0.1) is 0 Å². The second kappa shape index (κ2) is 10.6. The number of amides is 1. The van der Waals surface area contributed by atoms with E-state index in [2.05, 4.69) is 37.0 Å². The van der Waals surface area contributed by atoms with Crippen LogP contribution in [-0.2, 0) is 14.8 Å². The van der Waals surface area contributed by atoms with Crippen molar-refractivity contribution in [1.29, 1.82) is 0 Å². The van der Waals surface area contributed by atoms with Crippen LogP contribution in [0.4, 0.5) is 11.6 Å². The van der Waals surface area contributed by atoms with E-state index in [1.807, 2.05) is 23.2 Å². The number of nitrogens with two attached hydrogens (primary N) is 1. The number of rotatable bonds is 7. The Hall–Kier alpha value is -3.22. The Morgan fingerprint density at radius 2 is 1.84 bits per heavy atom. The fourth-order valence-electron chi connectivity index (χ4n) is 5.38. The van der Waals surface area contributed by atoms with E-state index in [0.29, 0.717) is 19.0 Å². The molecule has 0 radical (unpaired) electrons. The third-order valence-electron chi connectivity index (χ3n) is 7.20. The van der Waals surface area contributed by atoms with Crippen LogP contribution >= 0.6 is 0 Å². The summed E-state index contributed by atoms with van der Waals surface area (Å²) in [6, 6.07) is 8.30. The molecule has 3 heterocycles. The fraction of sp³-hybridized carbons (Fsp3) is 0.480. The molecular weight excluding hydrogens is 492 g/mol. The van der Waals surface area contributed by atoms with Crippen molar-refractivity contribution in [2.75, 3.05) is 49.2 Å². The first kappa shape index (κ1) is 25.4. The molecule has 0 spiro atoms. The molecule has 0 atom stereocenters. The summed E-state index contributed by atoms with van der Waals surface area (Å²) in [4.78, 5) is 28.8. The zero-order valence-corrected chi connectivity index (χ0v) is 21.8. The van der Waals surface area contributed by atoms with Gasteiger partial charge in [0.2, 0.25) is 21.9 Å². The molecule has 1 aliphatic carbocycles. The second-order valence-corrected chi connectivity index (χ2v) is 11.6. The molecule has 5 rings (SSSR count). The monoisotopic (exact) mass is 526 g/mol. The van der Waals surface area contributed by atoms with Gasteiger partial charge in [0.15, 0.2) is 0 Å². The molecule has 3 aromatic rings. The summed E-state index contributed by atoms with van der Waals surface area (Å²) < 4.78 is 25.8. The fourth-order valence-corrected chi connectivity index (χ4v) is 6.22. The van der Waals surface area contributed by atoms with Crippen molar-refractivity contribution >= 4 is 38.5 Å². The molecule has 0 bridgehead atoms. The van der Waals surface area contributed by atoms with Crippen LogP contribution in [0.15, 0.2) is 36.7 Å². The highest BCUT2D eigenvalue weighted by atomic mass is 32.2. The van der Waals surface area contributed by atoms with Gasteiger partial charge in [-0.25, -0.2) is 23.1 Å². The molecule has 2 aromatic heterocycles. The molecule has 1 amide bonds. The summed E-state index contributed by atoms with van der Waals surface area (Å²) >= 11 is 0. The third kappa shape index (κ3) is 5.86. The predicted octanol–water partition coefficient (Wildman–Crippen LogP) is 1.50. The van der Waals surface area contributed by atoms with Crippen molar-refractivity contribution in [2.45, 2.75) is 37.8 Å². The van der Waals surface area contributed by atoms with Gasteiger partial charge >= 0.3 is 0 Å². The molecule has 5 N–H and O–H groups in total. The summed E-state index contributed by atoms with van der Waals surface area (Å²) in [7, 11) is -3.19. The Bertz CT molecular complexity index is 1360. The number of carbonyl (C=O) groups excluding carboxylic acids is 1. The van der Waals surface area contributed by atoms with E-state index >= 15 is 0 Å². The molecular formula is C25H34N8O3S. The van der Waals surface area contributed by atoms with E-state index in [-0.39, 0.29) is 24.5 Å². The highest BCUT2D eigenvalue weighted by Crippen LogP contribution is 2.36. The lowest BCUT2D eigenvalue weighted by Gasteiger charge is -2.36. The number of piperazine rings is 1. The molecule has 12 heteroatoms. The largest absolute Gasteiger partial charge is 0.367 e. The SMILES string of the molecule is CS(=O)(=O)NC1CCC(Nc2nccc(-c3c[nH]c4cccc(N5CCN(C(=O)CN)CC5)c34)n2)CC1. The molecule has 1 saturated heterocycles. The first-order chi connectivity index (χ1) is 17.8. The summed E-state index contributed by atoms with van der Waals surface area (Å²) in [5, 5.41) is 4.54. The van der Waals surface area contributed by atoms with Gasteiger partial charge in [0.1, 0.15) is 0 Å². The first-order valence-corrected chi connectivity index (χ1v) is 14.6. The number of aromatic amines is 1. The number of aromatic nitrogens is 3. The first-order valence-electron chi connectivity index (χ1n) is 12.7. The second-order valence-electron chi connectivity index (χ2n) is 9.82. The maximum Gasteiger partial charge on any atom is 0.236 e. The minimum absolute atomic E-state index is 0.0126. The summed E-state index contributed by atoms with van der Waals surface area (Å²) in [6.45, 7) is 2.82. The van der Waals surface area contributed by atoms with Gasteiger partial charge in [-0.05, 0) is 43.9 Å². The van der Waals surface area contributed by atoms with Crippen molar-refractivity contribution < 1.29 is 13.2 Å². The van der Waals surface area contributed by atoms with Gasteiger partial charge in [-0.3, -0.25) is 4.79 Å². The van der Waals surface area contributed by atoms with Crippen molar-refractivity contribution in [3.8, 4) is 11.3 Å². The van der Waals surface area contributed by atoms with Crippen LogP contribution < -0.4 is 20.7 Å². The molecule has 1 saturated carbocycles. The molecule has 2 aliphatic rings. The average molecular weight is 527 g/mol. The minimum atomic E-state index is -3.19. The van der Waals surface area contributed by atoms with Crippen LogP contribution in [0.2, 0.25) is 0 Å². The van der Waals surface area contributed by atoms with E-state index in [9.17, 15) is 13.2 Å². The van der Waals surface area contributed by atoms with Gasteiger partial charge in [-0.1, -0.05) is 6.07 Å². The van der Waals surface area contributed by atoms with E-state index in [4.69, 9.17) is 10.7 Å². The van der Waals surface area contributed by atoms with Crippen molar-refractivity contribution in [3.05, 3.63) is 36.7 Å². The van der Waals surface area contributed by atoms with Gasteiger partial charge in [0, 0.05) is 72.8 Å². The standard InChI is InChI=1S/C25H34N8O3S/c1-37(35,36)31-18-7-5-17(6-8-18)29-25-27-10-9-20(30-25)19-16-28-21-3-2-4-22(24(19)21)32-11-13-33(14-12-32)23(34)15-26/h2-4,9-10,16-18,28,31H,5-8,11-15,26H2,1H3,(H,27,29,30). The Morgan fingerprint density at radius 3 is 2.54 bits per heavy atom. The number of nitrogens with zero attached hydrogens (tertiary/aromatic N) is 4. The lowest BCUT2D eigenvalue weighted by atomic mass is 9.92. The number of H-pyrrole nitrogens is 1. The lowest BCUT2D eigenvalue weighted by Crippen LogP contribution is -2.50. The molecule has 37 heavy (non-hydrogen) atoms. The quantitative estimate of drug-likeness (QED) is 0.362. The zero-order valence-electron chi connectivity index (χ0n) is 21.0. The van der Waals surface area contributed by atoms with E-state index in [0.717, 1.165) is 66.6 Å². The van der Waals surface area contributed by atoms with Crippen LogP contribution in [0.5, 0.6) is 0 Å². The summed E-state index contributed by atoms with van der Waals surface area (Å²) in [6.07, 6.45) is 8.19. The topological polar surface area (TPSA) is 149 Å². The Morgan fingerprint density at radius 1 is 1.11 bits per heavy atom. The highest BCUT2D eigenvalue weighted by molar-refractivity contribution is 7.88. The number of carbonyl (C=O) groups is 1. The van der Waals surface area contributed by atoms with E-state index in [1.54, 1.807) is 6.20 Å². The molecule has 1 aromatic carbocycles. The molecule has 198 valence electrons. The maximum atomic E-state index is 12.0. The van der Waals surface area contributed by atoms with E-state index < -0.39 is 10.0 Å². The molecule has 11 nitrogen and oxygen atoms in total. The number of nitrogens with one attached hydrogen (secondary N) is 3. The number of hydrogen-bond acceptors (Lipinski definition) is 8. The number of hydrogen-bond donors (Lipinski definition) is 4. The average Bonchev–Trinajstić information content (AvgIpc) is 3.33. The van der Waals surface area contributed by atoms with Crippen molar-refractivity contribution in [1.82, 2.24) is 24.6 Å². The van der Waals surface area contributed by atoms with Crippen LogP contribution in [0.3, 0.4) is 0 Å². The Labute approximate surface area is 216 Å². The normalized spacial score (nSPS) is 20.8. The van der Waals surface area contributed by atoms with Gasteiger partial charge in [0.25, 0.3) is 0 Å².